The Kier molecular flexibility index (Phi) is 6.00. The standard InChI is InChI=1S/C14H27NO3/c1-8-18-12(17)14(5,6)11(16)9-15(7)10-13(2,3)4/h8-10H2,1-7H3. The molecular formula is C14H27NO3. The Labute approximate surface area is 111 Å². The van der Waals surface area contributed by atoms with Crippen molar-refractivity contribution in [3.05, 3.63) is 0 Å². The van der Waals surface area contributed by atoms with Crippen LogP contribution in [0.15, 0.2) is 0 Å². The summed E-state index contributed by atoms with van der Waals surface area (Å²) in [6.45, 7) is 12.7. The zero-order valence-electron chi connectivity index (χ0n) is 12.8. The molecule has 0 amide bonds. The number of esters is 1. The third-order valence-corrected chi connectivity index (χ3v) is 2.64. The third-order valence-electron chi connectivity index (χ3n) is 2.64. The quantitative estimate of drug-likeness (QED) is 0.540. The van der Waals surface area contributed by atoms with Crippen molar-refractivity contribution in [2.45, 2.75) is 41.5 Å². The molecule has 0 atom stereocenters. The number of hydrogen-bond donors (Lipinski definition) is 0. The molecule has 0 aromatic rings. The van der Waals surface area contributed by atoms with Crippen molar-refractivity contribution >= 4 is 11.8 Å². The number of nitrogens with zero attached hydrogens (tertiary/aromatic N) is 1. The Bertz CT molecular complexity index is 303. The van der Waals surface area contributed by atoms with Crippen LogP contribution in [0.4, 0.5) is 0 Å². The molecule has 0 aromatic heterocycles. The number of ketones is 1. The number of carbonyl (C=O) groups is 2. The van der Waals surface area contributed by atoms with Gasteiger partial charge in [-0.15, -0.1) is 0 Å². The van der Waals surface area contributed by atoms with E-state index in [1.165, 1.54) is 0 Å². The van der Waals surface area contributed by atoms with Gasteiger partial charge >= 0.3 is 5.97 Å². The van der Waals surface area contributed by atoms with E-state index in [1.807, 2.05) is 11.9 Å². The summed E-state index contributed by atoms with van der Waals surface area (Å²) in [4.78, 5) is 25.8. The molecule has 0 fully saturated rings. The van der Waals surface area contributed by atoms with E-state index in [0.29, 0.717) is 6.61 Å². The van der Waals surface area contributed by atoms with Crippen LogP contribution in [0.3, 0.4) is 0 Å². The molecule has 0 aliphatic heterocycles. The average molecular weight is 257 g/mol. The topological polar surface area (TPSA) is 46.6 Å². The molecule has 0 heterocycles. The van der Waals surface area contributed by atoms with E-state index in [4.69, 9.17) is 4.74 Å². The highest BCUT2D eigenvalue weighted by Gasteiger charge is 2.37. The Morgan fingerprint density at radius 1 is 1.11 bits per heavy atom. The van der Waals surface area contributed by atoms with Gasteiger partial charge in [-0.1, -0.05) is 20.8 Å². The third kappa shape index (κ3) is 5.63. The van der Waals surface area contributed by atoms with Gasteiger partial charge in [0.15, 0.2) is 5.78 Å². The van der Waals surface area contributed by atoms with Crippen molar-refractivity contribution in [2.75, 3.05) is 26.7 Å². The van der Waals surface area contributed by atoms with Gasteiger partial charge in [0.05, 0.1) is 13.2 Å². The average Bonchev–Trinajstić information content (AvgIpc) is 2.14. The number of carbonyl (C=O) groups excluding carboxylic acids is 2. The van der Waals surface area contributed by atoms with E-state index in [1.54, 1.807) is 20.8 Å². The first-order valence-corrected chi connectivity index (χ1v) is 6.39. The number of ether oxygens (including phenoxy) is 1. The second-order valence-electron chi connectivity index (χ2n) is 6.50. The van der Waals surface area contributed by atoms with E-state index in [-0.39, 0.29) is 17.7 Å². The maximum atomic E-state index is 12.1. The van der Waals surface area contributed by atoms with Crippen molar-refractivity contribution in [1.29, 1.82) is 0 Å². The molecule has 106 valence electrons. The van der Waals surface area contributed by atoms with E-state index in [2.05, 4.69) is 20.8 Å². The minimum absolute atomic E-state index is 0.104. The molecule has 0 bridgehead atoms. The summed E-state index contributed by atoms with van der Waals surface area (Å²) in [5.74, 6) is -0.549. The van der Waals surface area contributed by atoms with Crippen LogP contribution in [0.5, 0.6) is 0 Å². The van der Waals surface area contributed by atoms with E-state index in [0.717, 1.165) is 6.54 Å². The molecule has 0 radical (unpaired) electrons. The summed E-state index contributed by atoms with van der Waals surface area (Å²) in [6.07, 6.45) is 0. The molecule has 0 aromatic carbocycles. The normalized spacial score (nSPS) is 12.7. The first-order valence-electron chi connectivity index (χ1n) is 6.39. The van der Waals surface area contributed by atoms with Crippen molar-refractivity contribution in [2.24, 2.45) is 10.8 Å². The lowest BCUT2D eigenvalue weighted by Gasteiger charge is -2.28. The Morgan fingerprint density at radius 3 is 2.00 bits per heavy atom. The van der Waals surface area contributed by atoms with Gasteiger partial charge in [0.1, 0.15) is 5.41 Å². The van der Waals surface area contributed by atoms with Gasteiger partial charge in [-0.25, -0.2) is 0 Å². The monoisotopic (exact) mass is 257 g/mol. The highest BCUT2D eigenvalue weighted by molar-refractivity contribution is 6.03. The highest BCUT2D eigenvalue weighted by atomic mass is 16.5. The van der Waals surface area contributed by atoms with Gasteiger partial charge in [-0.2, -0.15) is 0 Å². The Balaban J connectivity index is 4.52. The fourth-order valence-electron chi connectivity index (χ4n) is 1.73. The van der Waals surface area contributed by atoms with Gasteiger partial charge in [0.2, 0.25) is 0 Å². The molecule has 0 N–H and O–H groups in total. The van der Waals surface area contributed by atoms with E-state index in [9.17, 15) is 9.59 Å². The summed E-state index contributed by atoms with van der Waals surface area (Å²) in [5.41, 5.74) is -0.939. The SMILES string of the molecule is CCOC(=O)C(C)(C)C(=O)CN(C)CC(C)(C)C. The first kappa shape index (κ1) is 17.1. The molecule has 18 heavy (non-hydrogen) atoms. The van der Waals surface area contributed by atoms with Crippen LogP contribution in [0, 0.1) is 10.8 Å². The number of rotatable bonds is 6. The van der Waals surface area contributed by atoms with Gasteiger partial charge in [0, 0.05) is 6.54 Å². The minimum atomic E-state index is -1.07. The summed E-state index contributed by atoms with van der Waals surface area (Å²) >= 11 is 0. The zero-order valence-corrected chi connectivity index (χ0v) is 12.8. The first-order chi connectivity index (χ1) is 8.00. The zero-order chi connectivity index (χ0) is 14.6. The summed E-state index contributed by atoms with van der Waals surface area (Å²) < 4.78 is 4.93. The lowest BCUT2D eigenvalue weighted by Crippen LogP contribution is -2.43. The van der Waals surface area contributed by atoms with Crippen LogP contribution in [-0.4, -0.2) is 43.4 Å². The molecule has 0 saturated heterocycles. The number of likely N-dealkylation sites (N-methyl/N-ethyl adjacent to an activating group) is 1. The van der Waals surface area contributed by atoms with Crippen LogP contribution in [0.2, 0.25) is 0 Å². The van der Waals surface area contributed by atoms with Crippen molar-refractivity contribution in [3.8, 4) is 0 Å². The Hall–Kier alpha value is -0.900. The van der Waals surface area contributed by atoms with Crippen LogP contribution in [0.25, 0.3) is 0 Å². The van der Waals surface area contributed by atoms with Crippen LogP contribution >= 0.6 is 0 Å². The van der Waals surface area contributed by atoms with Gasteiger partial charge in [-0.05, 0) is 33.2 Å². The highest BCUT2D eigenvalue weighted by Crippen LogP contribution is 2.20. The molecule has 0 aliphatic carbocycles. The van der Waals surface area contributed by atoms with Crippen molar-refractivity contribution < 1.29 is 14.3 Å². The summed E-state index contributed by atoms with van der Waals surface area (Å²) in [7, 11) is 1.89. The Morgan fingerprint density at radius 2 is 1.61 bits per heavy atom. The van der Waals surface area contributed by atoms with Gasteiger partial charge in [-0.3, -0.25) is 14.5 Å². The molecule has 4 nitrogen and oxygen atoms in total. The van der Waals surface area contributed by atoms with Crippen LogP contribution in [0.1, 0.15) is 41.5 Å². The van der Waals surface area contributed by atoms with Crippen LogP contribution in [-0.2, 0) is 14.3 Å². The predicted molar refractivity (Wildman–Crippen MR) is 72.4 cm³/mol. The molecule has 0 unspecified atom stereocenters. The maximum Gasteiger partial charge on any atom is 0.319 e. The molecule has 0 aliphatic rings. The molecule has 0 rings (SSSR count). The second-order valence-corrected chi connectivity index (χ2v) is 6.50. The number of Topliss-reactive ketones (excluding diaryl/α,β-unsaturated/α-hetero) is 1. The fraction of sp³-hybridized carbons (Fsp3) is 0.857. The molecule has 0 saturated carbocycles. The van der Waals surface area contributed by atoms with Gasteiger partial charge < -0.3 is 4.74 Å². The van der Waals surface area contributed by atoms with Crippen LogP contribution < -0.4 is 0 Å². The van der Waals surface area contributed by atoms with E-state index < -0.39 is 11.4 Å². The lowest BCUT2D eigenvalue weighted by atomic mass is 9.87. The lowest BCUT2D eigenvalue weighted by molar-refractivity contribution is -0.158. The maximum absolute atomic E-state index is 12.1. The van der Waals surface area contributed by atoms with Crippen molar-refractivity contribution in [3.63, 3.8) is 0 Å². The van der Waals surface area contributed by atoms with E-state index >= 15 is 0 Å². The molecule has 4 heteroatoms. The summed E-state index contributed by atoms with van der Waals surface area (Å²) in [5, 5.41) is 0. The minimum Gasteiger partial charge on any atom is -0.465 e. The summed E-state index contributed by atoms with van der Waals surface area (Å²) in [6, 6.07) is 0. The number of hydrogen-bond acceptors (Lipinski definition) is 4. The molecular weight excluding hydrogens is 230 g/mol. The largest absolute Gasteiger partial charge is 0.465 e. The smallest absolute Gasteiger partial charge is 0.319 e. The molecule has 0 spiro atoms. The van der Waals surface area contributed by atoms with Gasteiger partial charge in [0.25, 0.3) is 0 Å². The van der Waals surface area contributed by atoms with Crippen molar-refractivity contribution in [1.82, 2.24) is 4.90 Å². The second kappa shape index (κ2) is 6.32. The fourth-order valence-corrected chi connectivity index (χ4v) is 1.73. The predicted octanol–water partition coefficient (Wildman–Crippen LogP) is 2.12.